The quantitative estimate of drug-likeness (QED) is 0.0195. The van der Waals surface area contributed by atoms with Crippen LogP contribution in [-0.2, 0) is 23.8 Å². The first-order chi connectivity index (χ1) is 44.7. The van der Waals surface area contributed by atoms with E-state index in [0.29, 0.717) is 12.8 Å². The van der Waals surface area contributed by atoms with Gasteiger partial charge in [0.1, 0.15) is 24.4 Å². The van der Waals surface area contributed by atoms with E-state index in [4.69, 9.17) is 14.2 Å². The minimum atomic E-state index is -1.62. The lowest BCUT2D eigenvalue weighted by molar-refractivity contribution is -0.305. The van der Waals surface area contributed by atoms with Crippen molar-refractivity contribution in [3.8, 4) is 0 Å². The first-order valence-corrected chi connectivity index (χ1v) is 38.4. The zero-order chi connectivity index (χ0) is 66.0. The van der Waals surface area contributed by atoms with Gasteiger partial charge in [0.2, 0.25) is 5.91 Å². The van der Waals surface area contributed by atoms with Crippen LogP contribution >= 0.6 is 0 Å². The molecule has 1 amide bonds. The monoisotopic (exact) mass is 1280 g/mol. The Hall–Kier alpha value is -3.16. The van der Waals surface area contributed by atoms with Gasteiger partial charge in [-0.05, 0) is 77.0 Å². The third-order valence-electron chi connectivity index (χ3n) is 17.8. The maximum absolute atomic E-state index is 13.5. The zero-order valence-corrected chi connectivity index (χ0v) is 59.0. The molecule has 11 heteroatoms. The number of allylic oxidation sites excluding steroid dienone is 13. The predicted molar refractivity (Wildman–Crippen MR) is 384 cm³/mol. The van der Waals surface area contributed by atoms with Crippen LogP contribution in [0.3, 0.4) is 0 Å². The number of carbonyl (C=O) groups excluding carboxylic acids is 2. The van der Waals surface area contributed by atoms with E-state index in [1.165, 1.54) is 193 Å². The molecule has 0 saturated carbocycles. The van der Waals surface area contributed by atoms with Crippen LogP contribution in [-0.4, -0.2) is 99.6 Å². The van der Waals surface area contributed by atoms with E-state index in [9.17, 15) is 35.1 Å². The highest BCUT2D eigenvalue weighted by Crippen LogP contribution is 2.27. The first-order valence-electron chi connectivity index (χ1n) is 38.4. The summed E-state index contributed by atoms with van der Waals surface area (Å²) < 4.78 is 17.7. The van der Waals surface area contributed by atoms with E-state index >= 15 is 0 Å². The summed E-state index contributed by atoms with van der Waals surface area (Å²) in [5.41, 5.74) is 0. The molecule has 1 saturated heterocycles. The van der Waals surface area contributed by atoms with Crippen LogP contribution in [0.1, 0.15) is 348 Å². The number of hydrogen-bond donors (Lipinski definition) is 6. The minimum Gasteiger partial charge on any atom is -0.454 e. The van der Waals surface area contributed by atoms with Crippen molar-refractivity contribution in [1.29, 1.82) is 0 Å². The molecule has 8 unspecified atom stereocenters. The molecular formula is C80H143NO10. The molecule has 91 heavy (non-hydrogen) atoms. The number of rotatable bonds is 66. The summed E-state index contributed by atoms with van der Waals surface area (Å²) >= 11 is 0. The fourth-order valence-electron chi connectivity index (χ4n) is 11.8. The first kappa shape index (κ1) is 85.9. The van der Waals surface area contributed by atoms with Crippen molar-refractivity contribution >= 4 is 11.9 Å². The summed E-state index contributed by atoms with van der Waals surface area (Å²) in [6.07, 6.45) is 79.3. The number of ether oxygens (including phenoxy) is 3. The number of unbranched alkanes of at least 4 members (excludes halogenated alkanes) is 40. The number of hydrogen-bond acceptors (Lipinski definition) is 10. The molecule has 528 valence electrons. The lowest BCUT2D eigenvalue weighted by atomic mass is 9.99. The Labute approximate surface area is 559 Å². The van der Waals surface area contributed by atoms with Crippen molar-refractivity contribution < 1.29 is 49.3 Å². The van der Waals surface area contributed by atoms with Gasteiger partial charge in [-0.1, -0.05) is 350 Å². The maximum atomic E-state index is 13.5. The van der Waals surface area contributed by atoms with Crippen molar-refractivity contribution in [3.05, 3.63) is 85.1 Å². The van der Waals surface area contributed by atoms with Crippen molar-refractivity contribution in [2.24, 2.45) is 0 Å². The highest BCUT2D eigenvalue weighted by Gasteiger charge is 2.47. The van der Waals surface area contributed by atoms with Crippen LogP contribution in [0.2, 0.25) is 0 Å². The number of esters is 1. The van der Waals surface area contributed by atoms with Gasteiger partial charge in [0.25, 0.3) is 0 Å². The molecule has 11 nitrogen and oxygen atoms in total. The number of amides is 1. The van der Waals surface area contributed by atoms with Gasteiger partial charge in [0, 0.05) is 6.42 Å². The molecule has 1 aliphatic heterocycles. The fraction of sp³-hybridized carbons (Fsp3) is 0.800. The highest BCUT2D eigenvalue weighted by molar-refractivity contribution is 5.80. The van der Waals surface area contributed by atoms with E-state index in [-0.39, 0.29) is 19.4 Å². The topological polar surface area (TPSA) is 175 Å². The smallest absolute Gasteiger partial charge is 0.306 e. The summed E-state index contributed by atoms with van der Waals surface area (Å²) in [4.78, 5) is 26.7. The highest BCUT2D eigenvalue weighted by atomic mass is 16.7. The van der Waals surface area contributed by atoms with Crippen LogP contribution in [0.5, 0.6) is 0 Å². The standard InChI is InChI=1S/C80H143NO10/c1-4-7-10-13-16-19-22-24-26-28-30-32-34-36-37-38-40-42-44-46-48-50-53-56-59-62-65-68-75(85)91-78-77(87)76(86)74(69-82)90-80(78)89-70-71(72(83)66-63-60-57-54-51-21-18-15-12-9-6-3)81-79(88)73(84)67-64-61-58-55-52-49-47-45-43-41-39-35-33-31-29-27-25-23-20-17-14-11-8-5-2/h8,11,17,20,25,27,31,33,39,41,45,47,63,66,71-74,76-78,80,82-84,86-87H,4-7,9-10,12-16,18-19,21-24,26,28-30,32,34-38,40,42-44,46,48-62,64-65,67-70H2,1-3H3,(H,81,88)/b11-8-,20-17-,27-25-,33-31-,41-39-,47-45-,66-63+. The third kappa shape index (κ3) is 53.7. The lowest BCUT2D eigenvalue weighted by Crippen LogP contribution is -2.61. The molecule has 6 N–H and O–H groups in total. The Bertz CT molecular complexity index is 1810. The molecule has 0 bridgehead atoms. The summed E-state index contributed by atoms with van der Waals surface area (Å²) in [5, 5.41) is 57.3. The second-order valence-electron chi connectivity index (χ2n) is 26.4. The predicted octanol–water partition coefficient (Wildman–Crippen LogP) is 20.4. The molecule has 1 rings (SSSR count). The summed E-state index contributed by atoms with van der Waals surface area (Å²) in [6, 6.07) is -1.04. The minimum absolute atomic E-state index is 0.123. The number of nitrogens with one attached hydrogen (secondary N) is 1. The van der Waals surface area contributed by atoms with Crippen LogP contribution in [0, 0.1) is 0 Å². The number of carbonyl (C=O) groups is 2. The summed E-state index contributed by atoms with van der Waals surface area (Å²) in [7, 11) is 0. The van der Waals surface area contributed by atoms with Gasteiger partial charge in [-0.15, -0.1) is 0 Å². The number of aliphatic hydroxyl groups is 5. The molecule has 0 aromatic heterocycles. The van der Waals surface area contributed by atoms with Crippen molar-refractivity contribution in [2.75, 3.05) is 13.2 Å². The molecule has 1 heterocycles. The van der Waals surface area contributed by atoms with Crippen LogP contribution in [0.15, 0.2) is 85.1 Å². The van der Waals surface area contributed by atoms with Gasteiger partial charge in [-0.25, -0.2) is 0 Å². The summed E-state index contributed by atoms with van der Waals surface area (Å²) in [6.45, 7) is 5.71. The molecule has 0 aromatic carbocycles. The second-order valence-corrected chi connectivity index (χ2v) is 26.4. The van der Waals surface area contributed by atoms with Gasteiger partial charge in [0.05, 0.1) is 25.4 Å². The van der Waals surface area contributed by atoms with Crippen molar-refractivity contribution in [2.45, 2.75) is 397 Å². The molecule has 0 aliphatic carbocycles. The molecule has 1 fully saturated rings. The Kier molecular flexibility index (Phi) is 63.1. The van der Waals surface area contributed by atoms with E-state index in [1.807, 2.05) is 6.08 Å². The van der Waals surface area contributed by atoms with Crippen LogP contribution in [0.4, 0.5) is 0 Å². The van der Waals surface area contributed by atoms with Gasteiger partial charge >= 0.3 is 5.97 Å². The molecule has 0 aromatic rings. The normalized spacial score (nSPS) is 18.4. The Morgan fingerprint density at radius 3 is 1.19 bits per heavy atom. The second kappa shape index (κ2) is 66.8. The Morgan fingerprint density at radius 2 is 0.791 bits per heavy atom. The Morgan fingerprint density at radius 1 is 0.440 bits per heavy atom. The van der Waals surface area contributed by atoms with Gasteiger partial charge in [-0.2, -0.15) is 0 Å². The van der Waals surface area contributed by atoms with Crippen molar-refractivity contribution in [1.82, 2.24) is 5.32 Å². The van der Waals surface area contributed by atoms with Crippen LogP contribution < -0.4 is 5.32 Å². The average Bonchev–Trinajstić information content (AvgIpc) is 0.943. The zero-order valence-electron chi connectivity index (χ0n) is 59.0. The Balaban J connectivity index is 2.51. The third-order valence-corrected chi connectivity index (χ3v) is 17.8. The molecule has 1 aliphatic rings. The van der Waals surface area contributed by atoms with Gasteiger partial charge in [0.15, 0.2) is 12.4 Å². The largest absolute Gasteiger partial charge is 0.454 e. The summed E-state index contributed by atoms with van der Waals surface area (Å²) in [5.74, 6) is -1.20. The van der Waals surface area contributed by atoms with Crippen molar-refractivity contribution in [3.63, 3.8) is 0 Å². The van der Waals surface area contributed by atoms with E-state index in [0.717, 1.165) is 109 Å². The van der Waals surface area contributed by atoms with Gasteiger partial charge in [-0.3, -0.25) is 9.59 Å². The van der Waals surface area contributed by atoms with Gasteiger partial charge < -0.3 is 45.1 Å². The van der Waals surface area contributed by atoms with E-state index in [1.54, 1.807) is 6.08 Å². The molecule has 0 spiro atoms. The molecule has 8 atom stereocenters. The molecular weight excluding hydrogens is 1130 g/mol. The lowest BCUT2D eigenvalue weighted by Gasteiger charge is -2.41. The van der Waals surface area contributed by atoms with E-state index in [2.05, 4.69) is 99.0 Å². The van der Waals surface area contributed by atoms with Crippen LogP contribution in [0.25, 0.3) is 0 Å². The van der Waals surface area contributed by atoms with E-state index < -0.39 is 67.4 Å². The number of aliphatic hydroxyl groups excluding tert-OH is 5. The maximum Gasteiger partial charge on any atom is 0.306 e. The fourth-order valence-corrected chi connectivity index (χ4v) is 11.8. The molecule has 0 radical (unpaired) electrons. The SMILES string of the molecule is CC/C=C\C/C=C\C/C=C\C/C=C\C/C=C\C/C=C\CCCCCCCC(O)C(=O)NC(COC1OC(CO)C(O)C(O)C1OC(=O)CCCCCCCCCCCCCCCCCCCCCCCCCCCCC)C(O)/C=C/CCCCCCCCCCC. The average molecular weight is 1280 g/mol.